The fourth-order valence-corrected chi connectivity index (χ4v) is 3.74. The number of hydrogen-bond donors (Lipinski definition) is 0. The van der Waals surface area contributed by atoms with Gasteiger partial charge in [-0.3, -0.25) is 4.79 Å². The molecule has 0 unspecified atom stereocenters. The van der Waals surface area contributed by atoms with E-state index in [4.69, 9.17) is 13.9 Å². The van der Waals surface area contributed by atoms with E-state index in [2.05, 4.69) is 10.2 Å². The maximum absolute atomic E-state index is 12.5. The Labute approximate surface area is 149 Å². The summed E-state index contributed by atoms with van der Waals surface area (Å²) in [6.45, 7) is 3.79. The molecule has 2 aliphatic rings. The summed E-state index contributed by atoms with van der Waals surface area (Å²) in [6.07, 6.45) is 3.36. The summed E-state index contributed by atoms with van der Waals surface area (Å²) < 4.78 is 16.4. The van der Waals surface area contributed by atoms with Crippen molar-refractivity contribution in [3.8, 4) is 23.0 Å². The highest BCUT2D eigenvalue weighted by Crippen LogP contribution is 2.36. The van der Waals surface area contributed by atoms with E-state index in [-0.39, 0.29) is 18.0 Å². The van der Waals surface area contributed by atoms with Crippen molar-refractivity contribution in [3.63, 3.8) is 0 Å². The van der Waals surface area contributed by atoms with Gasteiger partial charge in [-0.1, -0.05) is 11.8 Å². The van der Waals surface area contributed by atoms with E-state index in [9.17, 15) is 4.79 Å². The van der Waals surface area contributed by atoms with Gasteiger partial charge >= 0.3 is 0 Å². The highest BCUT2D eigenvalue weighted by Gasteiger charge is 2.25. The van der Waals surface area contributed by atoms with Gasteiger partial charge in [0.05, 0.1) is 5.25 Å². The summed E-state index contributed by atoms with van der Waals surface area (Å²) >= 11 is 1.30. The third-order valence-electron chi connectivity index (χ3n) is 4.32. The lowest BCUT2D eigenvalue weighted by Crippen LogP contribution is -2.40. The molecule has 2 aliphatic heterocycles. The van der Waals surface area contributed by atoms with Crippen LogP contribution in [0.5, 0.6) is 11.5 Å². The number of likely N-dealkylation sites (tertiary alicyclic amines) is 1. The molecule has 0 spiro atoms. The zero-order valence-corrected chi connectivity index (χ0v) is 14.8. The molecule has 8 heteroatoms. The predicted octanol–water partition coefficient (Wildman–Crippen LogP) is 2.96. The molecule has 0 radical (unpaired) electrons. The minimum atomic E-state index is -0.247. The first-order chi connectivity index (χ1) is 12.2. The molecule has 0 bridgehead atoms. The van der Waals surface area contributed by atoms with E-state index >= 15 is 0 Å². The second kappa shape index (κ2) is 6.95. The SMILES string of the molecule is C[C@H](Sc1nnc(-c2ccc3c(c2)OCO3)o1)C(=O)N1CCCCC1. The summed E-state index contributed by atoms with van der Waals surface area (Å²) in [4.78, 5) is 14.4. The summed E-state index contributed by atoms with van der Waals surface area (Å²) in [5.41, 5.74) is 0.763. The van der Waals surface area contributed by atoms with Crippen molar-refractivity contribution in [1.29, 1.82) is 0 Å². The average Bonchev–Trinajstić information content (AvgIpc) is 3.30. The number of nitrogens with zero attached hydrogens (tertiary/aromatic N) is 3. The predicted molar refractivity (Wildman–Crippen MR) is 91.6 cm³/mol. The molecule has 132 valence electrons. The van der Waals surface area contributed by atoms with Crippen LogP contribution in [0.15, 0.2) is 27.8 Å². The minimum absolute atomic E-state index is 0.132. The lowest BCUT2D eigenvalue weighted by molar-refractivity contribution is -0.131. The Morgan fingerprint density at radius 1 is 1.16 bits per heavy atom. The van der Waals surface area contributed by atoms with E-state index < -0.39 is 0 Å². The Morgan fingerprint density at radius 2 is 1.96 bits per heavy atom. The van der Waals surface area contributed by atoms with Crippen LogP contribution < -0.4 is 9.47 Å². The van der Waals surface area contributed by atoms with Crippen molar-refractivity contribution in [2.45, 2.75) is 36.7 Å². The molecule has 0 N–H and O–H groups in total. The number of fused-ring (bicyclic) bond motifs is 1. The zero-order valence-electron chi connectivity index (χ0n) is 13.9. The van der Waals surface area contributed by atoms with E-state index in [1.54, 1.807) is 0 Å². The molecule has 1 atom stereocenters. The van der Waals surface area contributed by atoms with Gasteiger partial charge in [0, 0.05) is 18.7 Å². The highest BCUT2D eigenvalue weighted by atomic mass is 32.2. The second-order valence-corrected chi connectivity index (χ2v) is 7.38. The van der Waals surface area contributed by atoms with Crippen molar-refractivity contribution in [2.24, 2.45) is 0 Å². The first kappa shape index (κ1) is 16.3. The van der Waals surface area contributed by atoms with Crippen LogP contribution in [-0.2, 0) is 4.79 Å². The van der Waals surface area contributed by atoms with Gasteiger partial charge in [-0.15, -0.1) is 10.2 Å². The maximum atomic E-state index is 12.5. The first-order valence-corrected chi connectivity index (χ1v) is 9.27. The van der Waals surface area contributed by atoms with Crippen molar-refractivity contribution in [1.82, 2.24) is 15.1 Å². The molecule has 0 aliphatic carbocycles. The molecule has 4 rings (SSSR count). The summed E-state index contributed by atoms with van der Waals surface area (Å²) in [6, 6.07) is 5.47. The number of benzene rings is 1. The second-order valence-electron chi connectivity index (χ2n) is 6.09. The quantitative estimate of drug-likeness (QED) is 0.775. The lowest BCUT2D eigenvalue weighted by Gasteiger charge is -2.28. The molecule has 0 saturated carbocycles. The summed E-state index contributed by atoms with van der Waals surface area (Å²) in [5.74, 6) is 1.91. The minimum Gasteiger partial charge on any atom is -0.454 e. The average molecular weight is 361 g/mol. The fraction of sp³-hybridized carbons (Fsp3) is 0.471. The number of thioether (sulfide) groups is 1. The lowest BCUT2D eigenvalue weighted by atomic mass is 10.1. The van der Waals surface area contributed by atoms with E-state index in [1.165, 1.54) is 18.2 Å². The number of ether oxygens (including phenoxy) is 2. The van der Waals surface area contributed by atoms with Crippen LogP contribution in [0, 0.1) is 0 Å². The number of carbonyl (C=O) groups excluding carboxylic acids is 1. The van der Waals surface area contributed by atoms with Crippen LogP contribution >= 0.6 is 11.8 Å². The third-order valence-corrected chi connectivity index (χ3v) is 5.24. The van der Waals surface area contributed by atoms with Crippen LogP contribution in [0.25, 0.3) is 11.5 Å². The molecule has 1 amide bonds. The number of aromatic nitrogens is 2. The maximum Gasteiger partial charge on any atom is 0.277 e. The Balaban J connectivity index is 1.43. The first-order valence-electron chi connectivity index (χ1n) is 8.40. The number of amides is 1. The fourth-order valence-electron chi connectivity index (χ4n) is 2.98. The Morgan fingerprint density at radius 3 is 2.80 bits per heavy atom. The van der Waals surface area contributed by atoms with Gasteiger partial charge in [-0.2, -0.15) is 0 Å². The van der Waals surface area contributed by atoms with Gasteiger partial charge in [0.1, 0.15) is 0 Å². The number of rotatable bonds is 4. The van der Waals surface area contributed by atoms with Crippen molar-refractivity contribution >= 4 is 17.7 Å². The molecular weight excluding hydrogens is 342 g/mol. The van der Waals surface area contributed by atoms with Crippen LogP contribution in [0.2, 0.25) is 0 Å². The van der Waals surface area contributed by atoms with Gasteiger partial charge in [0.25, 0.3) is 5.22 Å². The molecule has 1 saturated heterocycles. The van der Waals surface area contributed by atoms with Crippen molar-refractivity contribution in [2.75, 3.05) is 19.9 Å². The van der Waals surface area contributed by atoms with E-state index in [0.29, 0.717) is 22.6 Å². The molecule has 2 aromatic rings. The Kier molecular flexibility index (Phi) is 4.52. The third kappa shape index (κ3) is 3.44. The normalized spacial score (nSPS) is 17.6. The van der Waals surface area contributed by atoms with Gasteiger partial charge in [0.15, 0.2) is 11.5 Å². The summed E-state index contributed by atoms with van der Waals surface area (Å²) in [7, 11) is 0. The van der Waals surface area contributed by atoms with E-state index in [0.717, 1.165) is 31.5 Å². The van der Waals surface area contributed by atoms with Crippen molar-refractivity contribution < 1.29 is 18.7 Å². The zero-order chi connectivity index (χ0) is 17.2. The smallest absolute Gasteiger partial charge is 0.277 e. The molecule has 3 heterocycles. The van der Waals surface area contributed by atoms with Crippen LogP contribution in [-0.4, -0.2) is 46.1 Å². The van der Waals surface area contributed by atoms with Gasteiger partial charge < -0.3 is 18.8 Å². The van der Waals surface area contributed by atoms with Crippen molar-refractivity contribution in [3.05, 3.63) is 18.2 Å². The Bertz CT molecular complexity index is 773. The molecule has 1 aromatic heterocycles. The van der Waals surface area contributed by atoms with E-state index in [1.807, 2.05) is 30.0 Å². The van der Waals surface area contributed by atoms with Crippen LogP contribution in [0.3, 0.4) is 0 Å². The highest BCUT2D eigenvalue weighted by molar-refractivity contribution is 8.00. The number of hydrogen-bond acceptors (Lipinski definition) is 7. The molecule has 7 nitrogen and oxygen atoms in total. The Hall–Kier alpha value is -2.22. The van der Waals surface area contributed by atoms with Gasteiger partial charge in [-0.05, 0) is 44.4 Å². The molecule has 1 fully saturated rings. The largest absolute Gasteiger partial charge is 0.454 e. The number of piperidine rings is 1. The standard InChI is InChI=1S/C17H19N3O4S/c1-11(16(21)20-7-3-2-4-8-20)25-17-19-18-15(24-17)12-5-6-13-14(9-12)23-10-22-13/h5-6,9,11H,2-4,7-8,10H2,1H3/t11-/m0/s1. The molecular formula is C17H19N3O4S. The topological polar surface area (TPSA) is 77.7 Å². The summed E-state index contributed by atoms with van der Waals surface area (Å²) in [5, 5.41) is 8.28. The molecule has 25 heavy (non-hydrogen) atoms. The van der Waals surface area contributed by atoms with Gasteiger partial charge in [0.2, 0.25) is 18.6 Å². The molecule has 1 aromatic carbocycles. The van der Waals surface area contributed by atoms with Crippen LogP contribution in [0.4, 0.5) is 0 Å². The van der Waals surface area contributed by atoms with Gasteiger partial charge in [-0.25, -0.2) is 0 Å². The number of carbonyl (C=O) groups is 1. The van der Waals surface area contributed by atoms with Crippen LogP contribution in [0.1, 0.15) is 26.2 Å². The monoisotopic (exact) mass is 361 g/mol.